The second-order valence-corrected chi connectivity index (χ2v) is 2.37. The molecular weight excluding hydrogens is 148 g/mol. The van der Waals surface area contributed by atoms with E-state index < -0.39 is 0 Å². The van der Waals surface area contributed by atoms with Gasteiger partial charge in [-0.1, -0.05) is 20.8 Å². The SMILES string of the molecule is CCCC(=O)C(C)C.[Ti]. The average Bonchev–Trinajstić information content (AvgIpc) is 1.67. The largest absolute Gasteiger partial charge is 0.299 e. The third kappa shape index (κ3) is 6.27. The summed E-state index contributed by atoms with van der Waals surface area (Å²) in [5.74, 6) is 0.613. The van der Waals surface area contributed by atoms with Gasteiger partial charge < -0.3 is 0 Å². The third-order valence-corrected chi connectivity index (χ3v) is 1.14. The molecule has 0 rings (SSSR count). The fourth-order valence-electron chi connectivity index (χ4n) is 0.535. The molecule has 0 amide bonds. The van der Waals surface area contributed by atoms with Crippen molar-refractivity contribution in [3.05, 3.63) is 0 Å². The predicted octanol–water partition coefficient (Wildman–Crippen LogP) is 2.01. The summed E-state index contributed by atoms with van der Waals surface area (Å²) in [6, 6.07) is 0. The van der Waals surface area contributed by atoms with E-state index in [0.29, 0.717) is 5.78 Å². The van der Waals surface area contributed by atoms with Crippen molar-refractivity contribution in [1.29, 1.82) is 0 Å². The fraction of sp³-hybridized carbons (Fsp3) is 0.857. The molecule has 0 heterocycles. The molecule has 0 saturated carbocycles. The van der Waals surface area contributed by atoms with Gasteiger partial charge in [0.05, 0.1) is 0 Å². The first-order valence-corrected chi connectivity index (χ1v) is 3.21. The Morgan fingerprint density at radius 2 is 1.89 bits per heavy atom. The summed E-state index contributed by atoms with van der Waals surface area (Å²) in [5.41, 5.74) is 0. The zero-order chi connectivity index (χ0) is 6.57. The smallest absolute Gasteiger partial charge is 0.135 e. The van der Waals surface area contributed by atoms with Crippen LogP contribution < -0.4 is 0 Å². The van der Waals surface area contributed by atoms with Crippen molar-refractivity contribution in [3.63, 3.8) is 0 Å². The zero-order valence-electron chi connectivity index (χ0n) is 6.40. The molecule has 0 atom stereocenters. The van der Waals surface area contributed by atoms with E-state index in [9.17, 15) is 4.79 Å². The second kappa shape index (κ2) is 6.50. The van der Waals surface area contributed by atoms with E-state index in [1.807, 2.05) is 20.8 Å². The Morgan fingerprint density at radius 1 is 1.44 bits per heavy atom. The van der Waals surface area contributed by atoms with Gasteiger partial charge in [0.1, 0.15) is 5.78 Å². The topological polar surface area (TPSA) is 17.1 Å². The van der Waals surface area contributed by atoms with Gasteiger partial charge in [-0.2, -0.15) is 0 Å². The molecule has 0 aliphatic carbocycles. The minimum absolute atomic E-state index is 0. The summed E-state index contributed by atoms with van der Waals surface area (Å²) in [5, 5.41) is 0. The monoisotopic (exact) mass is 162 g/mol. The van der Waals surface area contributed by atoms with Gasteiger partial charge in [-0.3, -0.25) is 4.79 Å². The van der Waals surface area contributed by atoms with Gasteiger partial charge in [0.15, 0.2) is 0 Å². The van der Waals surface area contributed by atoms with E-state index in [2.05, 4.69) is 0 Å². The molecule has 52 valence electrons. The van der Waals surface area contributed by atoms with E-state index in [1.165, 1.54) is 0 Å². The predicted molar refractivity (Wildman–Crippen MR) is 34.8 cm³/mol. The van der Waals surface area contributed by atoms with Gasteiger partial charge in [0.25, 0.3) is 0 Å². The first-order chi connectivity index (χ1) is 3.68. The van der Waals surface area contributed by atoms with E-state index in [4.69, 9.17) is 0 Å². The van der Waals surface area contributed by atoms with Crippen molar-refractivity contribution < 1.29 is 26.5 Å². The number of Topliss-reactive ketones (excluding diaryl/α,β-unsaturated/α-hetero) is 1. The maximum atomic E-state index is 10.7. The van der Waals surface area contributed by atoms with E-state index in [1.54, 1.807) is 0 Å². The van der Waals surface area contributed by atoms with Crippen LogP contribution in [0.5, 0.6) is 0 Å². The standard InChI is InChI=1S/C7H14O.Ti/c1-4-5-7(8)6(2)3;/h6H,4-5H2,1-3H3;. The number of carbonyl (C=O) groups excluding carboxylic acids is 1. The van der Waals surface area contributed by atoms with Crippen molar-refractivity contribution in [2.24, 2.45) is 5.92 Å². The summed E-state index contributed by atoms with van der Waals surface area (Å²) in [6.07, 6.45) is 1.73. The molecular formula is C7H14OTi. The summed E-state index contributed by atoms with van der Waals surface area (Å²) in [6.45, 7) is 5.91. The van der Waals surface area contributed by atoms with Crippen LogP contribution in [-0.4, -0.2) is 5.78 Å². The van der Waals surface area contributed by atoms with E-state index in [-0.39, 0.29) is 27.6 Å². The van der Waals surface area contributed by atoms with Crippen LogP contribution in [0.25, 0.3) is 0 Å². The molecule has 0 N–H and O–H groups in total. The van der Waals surface area contributed by atoms with Crippen molar-refractivity contribution in [2.45, 2.75) is 33.6 Å². The van der Waals surface area contributed by atoms with Crippen LogP contribution in [-0.2, 0) is 26.5 Å². The normalized spacial score (nSPS) is 8.89. The molecule has 0 bridgehead atoms. The van der Waals surface area contributed by atoms with Gasteiger partial charge in [0.2, 0.25) is 0 Å². The Kier molecular flexibility index (Phi) is 8.74. The van der Waals surface area contributed by atoms with Crippen LogP contribution in [0.3, 0.4) is 0 Å². The molecule has 0 fully saturated rings. The minimum atomic E-state index is 0. The molecule has 9 heavy (non-hydrogen) atoms. The molecule has 0 saturated heterocycles. The molecule has 0 spiro atoms. The first-order valence-electron chi connectivity index (χ1n) is 3.21. The average molecular weight is 162 g/mol. The Hall–Kier alpha value is 0.384. The summed E-state index contributed by atoms with van der Waals surface area (Å²) in [4.78, 5) is 10.7. The van der Waals surface area contributed by atoms with Gasteiger partial charge >= 0.3 is 0 Å². The molecule has 0 radical (unpaired) electrons. The van der Waals surface area contributed by atoms with Crippen LogP contribution in [0.4, 0.5) is 0 Å². The number of ketones is 1. The number of hydrogen-bond acceptors (Lipinski definition) is 1. The fourth-order valence-corrected chi connectivity index (χ4v) is 0.535. The number of hydrogen-bond donors (Lipinski definition) is 0. The quantitative estimate of drug-likeness (QED) is 0.580. The first kappa shape index (κ1) is 12.1. The van der Waals surface area contributed by atoms with E-state index >= 15 is 0 Å². The minimum Gasteiger partial charge on any atom is -0.299 e. The van der Waals surface area contributed by atoms with Crippen molar-refractivity contribution in [1.82, 2.24) is 0 Å². The molecule has 1 nitrogen and oxygen atoms in total. The molecule has 0 aliphatic heterocycles. The number of rotatable bonds is 3. The van der Waals surface area contributed by atoms with Crippen molar-refractivity contribution in [2.75, 3.05) is 0 Å². The molecule has 0 aliphatic rings. The maximum Gasteiger partial charge on any atom is 0.135 e. The molecule has 0 aromatic carbocycles. The molecule has 2 heteroatoms. The van der Waals surface area contributed by atoms with Gasteiger partial charge in [-0.25, -0.2) is 0 Å². The summed E-state index contributed by atoms with van der Waals surface area (Å²) < 4.78 is 0. The van der Waals surface area contributed by atoms with Crippen LogP contribution in [0.1, 0.15) is 33.6 Å². The second-order valence-electron chi connectivity index (χ2n) is 2.37. The third-order valence-electron chi connectivity index (χ3n) is 1.14. The van der Waals surface area contributed by atoms with Gasteiger partial charge in [-0.15, -0.1) is 0 Å². The Balaban J connectivity index is 0. The number of carbonyl (C=O) groups is 1. The van der Waals surface area contributed by atoms with Gasteiger partial charge in [-0.05, 0) is 6.42 Å². The van der Waals surface area contributed by atoms with Crippen molar-refractivity contribution in [3.8, 4) is 0 Å². The molecule has 0 unspecified atom stereocenters. The van der Waals surface area contributed by atoms with Crippen LogP contribution >= 0.6 is 0 Å². The Bertz CT molecular complexity index is 79.0. The Labute approximate surface area is 72.1 Å². The molecule has 0 aromatic heterocycles. The Morgan fingerprint density at radius 3 is 2.00 bits per heavy atom. The van der Waals surface area contributed by atoms with Crippen LogP contribution in [0.15, 0.2) is 0 Å². The van der Waals surface area contributed by atoms with Gasteiger partial charge in [0, 0.05) is 34.1 Å². The summed E-state index contributed by atoms with van der Waals surface area (Å²) in [7, 11) is 0. The van der Waals surface area contributed by atoms with Crippen LogP contribution in [0, 0.1) is 5.92 Å². The van der Waals surface area contributed by atoms with Crippen molar-refractivity contribution >= 4 is 5.78 Å². The zero-order valence-corrected chi connectivity index (χ0v) is 7.96. The maximum absolute atomic E-state index is 10.7. The summed E-state index contributed by atoms with van der Waals surface area (Å²) >= 11 is 0. The molecule has 0 aromatic rings. The van der Waals surface area contributed by atoms with E-state index in [0.717, 1.165) is 12.8 Å². The van der Waals surface area contributed by atoms with Crippen LogP contribution in [0.2, 0.25) is 0 Å².